The summed E-state index contributed by atoms with van der Waals surface area (Å²) in [7, 11) is 3.08. The topological polar surface area (TPSA) is 86.8 Å². The highest BCUT2D eigenvalue weighted by Crippen LogP contribution is 2.28. The third-order valence-corrected chi connectivity index (χ3v) is 5.02. The molecule has 0 aliphatic rings. The molecule has 0 aliphatic heterocycles. The van der Waals surface area contributed by atoms with Gasteiger partial charge in [-0.2, -0.15) is 0 Å². The maximum Gasteiger partial charge on any atom is 0.331 e. The van der Waals surface area contributed by atoms with Crippen molar-refractivity contribution in [3.63, 3.8) is 0 Å². The molecule has 0 bridgehead atoms. The molecule has 31 heavy (non-hydrogen) atoms. The number of amides is 1. The van der Waals surface area contributed by atoms with Crippen molar-refractivity contribution in [2.45, 2.75) is 6.92 Å². The molecule has 0 radical (unpaired) electrons. The van der Waals surface area contributed by atoms with Crippen LogP contribution in [0.25, 0.3) is 17.3 Å². The van der Waals surface area contributed by atoms with Crippen LogP contribution in [0.3, 0.4) is 0 Å². The van der Waals surface area contributed by atoms with E-state index in [0.29, 0.717) is 16.6 Å². The van der Waals surface area contributed by atoms with Crippen molar-refractivity contribution in [1.29, 1.82) is 0 Å². The van der Waals surface area contributed by atoms with Gasteiger partial charge in [0.2, 0.25) is 0 Å². The number of aryl methyl sites for hydroxylation is 1. The van der Waals surface area contributed by atoms with Gasteiger partial charge in [0.05, 0.1) is 19.9 Å². The van der Waals surface area contributed by atoms with E-state index in [9.17, 15) is 9.59 Å². The zero-order valence-corrected chi connectivity index (χ0v) is 18.2. The van der Waals surface area contributed by atoms with Crippen LogP contribution in [0.5, 0.6) is 11.5 Å². The van der Waals surface area contributed by atoms with Crippen LogP contribution in [-0.2, 0) is 14.3 Å². The number of rotatable bonds is 8. The Morgan fingerprint density at radius 3 is 2.52 bits per heavy atom. The zero-order valence-electron chi connectivity index (χ0n) is 17.4. The number of ether oxygens (including phenoxy) is 3. The van der Waals surface area contributed by atoms with Gasteiger partial charge >= 0.3 is 5.97 Å². The predicted octanol–water partition coefficient (Wildman–Crippen LogP) is 4.33. The average molecular weight is 439 g/mol. The predicted molar refractivity (Wildman–Crippen MR) is 120 cm³/mol. The van der Waals surface area contributed by atoms with Gasteiger partial charge in [0.1, 0.15) is 0 Å². The van der Waals surface area contributed by atoms with Crippen molar-refractivity contribution >= 4 is 34.4 Å². The van der Waals surface area contributed by atoms with E-state index >= 15 is 0 Å². The summed E-state index contributed by atoms with van der Waals surface area (Å²) < 4.78 is 15.4. The minimum atomic E-state index is -0.635. The Morgan fingerprint density at radius 2 is 1.81 bits per heavy atom. The lowest BCUT2D eigenvalue weighted by Crippen LogP contribution is -2.20. The van der Waals surface area contributed by atoms with Crippen LogP contribution in [0.2, 0.25) is 0 Å². The molecule has 0 aliphatic carbocycles. The van der Waals surface area contributed by atoms with Crippen LogP contribution in [0, 0.1) is 6.92 Å². The lowest BCUT2D eigenvalue weighted by Gasteiger charge is -2.07. The maximum atomic E-state index is 12.1. The van der Waals surface area contributed by atoms with Gasteiger partial charge in [-0.25, -0.2) is 9.78 Å². The Bertz CT molecular complexity index is 1090. The van der Waals surface area contributed by atoms with Crippen LogP contribution in [0.15, 0.2) is 53.9 Å². The highest BCUT2D eigenvalue weighted by molar-refractivity contribution is 7.14. The molecule has 0 saturated heterocycles. The number of nitrogens with zero attached hydrogens (tertiary/aromatic N) is 1. The smallest absolute Gasteiger partial charge is 0.331 e. The molecular weight excluding hydrogens is 416 g/mol. The molecule has 0 spiro atoms. The summed E-state index contributed by atoms with van der Waals surface area (Å²) in [5.41, 5.74) is 3.63. The third kappa shape index (κ3) is 6.16. The largest absolute Gasteiger partial charge is 0.493 e. The minimum Gasteiger partial charge on any atom is -0.493 e. The van der Waals surface area contributed by atoms with Crippen LogP contribution >= 0.6 is 11.3 Å². The summed E-state index contributed by atoms with van der Waals surface area (Å²) in [5.74, 6) is 0.0413. The molecule has 1 aromatic heterocycles. The Morgan fingerprint density at radius 1 is 1.06 bits per heavy atom. The van der Waals surface area contributed by atoms with Gasteiger partial charge in [-0.3, -0.25) is 10.1 Å². The summed E-state index contributed by atoms with van der Waals surface area (Å²) >= 11 is 1.31. The number of methoxy groups -OCH3 is 2. The molecule has 1 amide bonds. The summed E-state index contributed by atoms with van der Waals surface area (Å²) in [5, 5.41) is 4.94. The molecule has 7 nitrogen and oxygen atoms in total. The van der Waals surface area contributed by atoms with Gasteiger partial charge < -0.3 is 14.2 Å². The van der Waals surface area contributed by atoms with E-state index in [-0.39, 0.29) is 0 Å². The first-order chi connectivity index (χ1) is 15.0. The number of thiazole rings is 1. The second kappa shape index (κ2) is 10.4. The molecule has 160 valence electrons. The van der Waals surface area contributed by atoms with E-state index in [1.54, 1.807) is 31.4 Å². The summed E-state index contributed by atoms with van der Waals surface area (Å²) in [6, 6.07) is 13.2. The lowest BCUT2D eigenvalue weighted by molar-refractivity contribution is -0.142. The van der Waals surface area contributed by atoms with Gasteiger partial charge in [-0.15, -0.1) is 11.3 Å². The number of carbonyl (C=O) groups is 2. The van der Waals surface area contributed by atoms with Crippen LogP contribution < -0.4 is 14.8 Å². The number of hydrogen-bond donors (Lipinski definition) is 1. The molecular formula is C23H22N2O5S. The van der Waals surface area contributed by atoms with Crippen molar-refractivity contribution in [3.8, 4) is 22.8 Å². The lowest BCUT2D eigenvalue weighted by atomic mass is 10.1. The molecule has 1 N–H and O–H groups in total. The number of aromatic nitrogens is 1. The standard InChI is InChI=1S/C23H22N2O5S/c1-15-4-8-17(9-5-15)18-14-31-23(24-18)25-21(26)13-30-22(27)11-7-16-6-10-19(28-2)20(12-16)29-3/h4-12,14H,13H2,1-3H3,(H,24,25,26)/b11-7+. The van der Waals surface area contributed by atoms with Crippen LogP contribution in [-0.4, -0.2) is 37.7 Å². The highest BCUT2D eigenvalue weighted by atomic mass is 32.1. The van der Waals surface area contributed by atoms with Crippen LogP contribution in [0.1, 0.15) is 11.1 Å². The number of hydrogen-bond acceptors (Lipinski definition) is 7. The summed E-state index contributed by atoms with van der Waals surface area (Å²) in [6.07, 6.45) is 2.81. The van der Waals surface area contributed by atoms with E-state index in [2.05, 4.69) is 10.3 Å². The normalized spacial score (nSPS) is 10.7. The molecule has 0 fully saturated rings. The zero-order chi connectivity index (χ0) is 22.2. The monoisotopic (exact) mass is 438 g/mol. The molecule has 2 aromatic carbocycles. The maximum absolute atomic E-state index is 12.1. The van der Waals surface area contributed by atoms with Gasteiger partial charge in [-0.05, 0) is 30.7 Å². The van der Waals surface area contributed by atoms with Crippen molar-refractivity contribution in [2.75, 3.05) is 26.1 Å². The second-order valence-electron chi connectivity index (χ2n) is 6.51. The Hall–Kier alpha value is -3.65. The van der Waals surface area contributed by atoms with Gasteiger partial charge in [0.15, 0.2) is 23.2 Å². The van der Waals surface area contributed by atoms with Gasteiger partial charge in [0, 0.05) is 17.0 Å². The third-order valence-electron chi connectivity index (χ3n) is 4.26. The molecule has 3 aromatic rings. The number of benzene rings is 2. The number of esters is 1. The first-order valence-electron chi connectivity index (χ1n) is 9.38. The number of nitrogens with one attached hydrogen (secondary N) is 1. The Labute approximate surface area is 184 Å². The van der Waals surface area contributed by atoms with Crippen molar-refractivity contribution in [2.24, 2.45) is 0 Å². The van der Waals surface area contributed by atoms with E-state index in [0.717, 1.165) is 22.4 Å². The number of carbonyl (C=O) groups excluding carboxylic acids is 2. The molecule has 1 heterocycles. The SMILES string of the molecule is COc1ccc(/C=C/C(=O)OCC(=O)Nc2nc(-c3ccc(C)cc3)cs2)cc1OC. The van der Waals surface area contributed by atoms with E-state index in [1.165, 1.54) is 24.5 Å². The Balaban J connectivity index is 1.50. The quantitative estimate of drug-likeness (QED) is 0.416. The van der Waals surface area contributed by atoms with E-state index < -0.39 is 18.5 Å². The van der Waals surface area contributed by atoms with Crippen molar-refractivity contribution in [3.05, 3.63) is 65.0 Å². The molecule has 0 atom stereocenters. The molecule has 3 rings (SSSR count). The fourth-order valence-corrected chi connectivity index (χ4v) is 3.38. The minimum absolute atomic E-state index is 0.408. The van der Waals surface area contributed by atoms with Gasteiger partial charge in [-0.1, -0.05) is 35.9 Å². The molecule has 8 heteroatoms. The Kier molecular flexibility index (Phi) is 7.40. The van der Waals surface area contributed by atoms with Crippen molar-refractivity contribution in [1.82, 2.24) is 4.98 Å². The fourth-order valence-electron chi connectivity index (χ4n) is 2.65. The highest BCUT2D eigenvalue weighted by Gasteiger charge is 2.10. The van der Waals surface area contributed by atoms with Gasteiger partial charge in [0.25, 0.3) is 5.91 Å². The fraction of sp³-hybridized carbons (Fsp3) is 0.174. The van der Waals surface area contributed by atoms with Crippen molar-refractivity contribution < 1.29 is 23.8 Å². The first kappa shape index (κ1) is 22.0. The number of anilines is 1. The van der Waals surface area contributed by atoms with E-state index in [1.807, 2.05) is 36.6 Å². The second-order valence-corrected chi connectivity index (χ2v) is 7.37. The first-order valence-corrected chi connectivity index (χ1v) is 10.3. The van der Waals surface area contributed by atoms with Crippen LogP contribution in [0.4, 0.5) is 5.13 Å². The van der Waals surface area contributed by atoms with E-state index in [4.69, 9.17) is 14.2 Å². The average Bonchev–Trinajstić information content (AvgIpc) is 3.24. The molecule has 0 unspecified atom stereocenters. The molecule has 0 saturated carbocycles. The summed E-state index contributed by atoms with van der Waals surface area (Å²) in [6.45, 7) is 1.61. The summed E-state index contributed by atoms with van der Waals surface area (Å²) in [4.78, 5) is 28.4.